The first-order valence-corrected chi connectivity index (χ1v) is 6.47. The fourth-order valence-electron chi connectivity index (χ4n) is 2.11. The van der Waals surface area contributed by atoms with Crippen LogP contribution in [0.2, 0.25) is 0 Å². The predicted octanol–water partition coefficient (Wildman–Crippen LogP) is 0.582. The first kappa shape index (κ1) is 12.5. The lowest BCUT2D eigenvalue weighted by molar-refractivity contribution is 0.0949. The van der Waals surface area contributed by atoms with E-state index < -0.39 is 0 Å². The number of nitrogens with one attached hydrogen (secondary N) is 3. The third-order valence-corrected chi connectivity index (χ3v) is 3.25. The zero-order valence-electron chi connectivity index (χ0n) is 11.2. The van der Waals surface area contributed by atoms with Crippen LogP contribution in [0.25, 0.3) is 0 Å². The highest BCUT2D eigenvalue weighted by Gasteiger charge is 2.12. The molecule has 20 heavy (non-hydrogen) atoms. The molecule has 0 saturated carbocycles. The second-order valence-corrected chi connectivity index (χ2v) is 4.65. The molecule has 0 radical (unpaired) electrons. The molecular weight excluding hydrogens is 256 g/mol. The maximum atomic E-state index is 12.1. The lowest BCUT2D eigenvalue weighted by Gasteiger charge is -2.20. The fraction of sp³-hybridized carbons (Fsp3) is 0.308. The number of hydrogen-bond acceptors (Lipinski definition) is 5. The van der Waals surface area contributed by atoms with E-state index in [0.717, 1.165) is 30.3 Å². The van der Waals surface area contributed by atoms with E-state index in [1.165, 1.54) is 0 Å². The smallest absolute Gasteiger partial charge is 0.251 e. The van der Waals surface area contributed by atoms with E-state index in [0.29, 0.717) is 12.1 Å². The molecule has 1 amide bonds. The zero-order chi connectivity index (χ0) is 13.9. The van der Waals surface area contributed by atoms with Gasteiger partial charge in [0.2, 0.25) is 0 Å². The minimum absolute atomic E-state index is 0.122. The van der Waals surface area contributed by atoms with Gasteiger partial charge < -0.3 is 20.5 Å². The molecule has 0 bridgehead atoms. The fourth-order valence-corrected chi connectivity index (χ4v) is 2.11. The van der Waals surface area contributed by atoms with Crippen LogP contribution in [-0.2, 0) is 13.6 Å². The maximum absolute atomic E-state index is 12.1. The normalized spacial score (nSPS) is 13.1. The van der Waals surface area contributed by atoms with Crippen molar-refractivity contribution < 1.29 is 4.79 Å². The van der Waals surface area contributed by atoms with Crippen molar-refractivity contribution in [2.24, 2.45) is 7.05 Å². The first-order valence-electron chi connectivity index (χ1n) is 6.47. The van der Waals surface area contributed by atoms with E-state index in [1.807, 2.05) is 25.2 Å². The second kappa shape index (κ2) is 5.20. The Morgan fingerprint density at radius 3 is 2.90 bits per heavy atom. The lowest BCUT2D eigenvalue weighted by atomic mass is 10.1. The van der Waals surface area contributed by atoms with Crippen LogP contribution >= 0.6 is 0 Å². The molecule has 1 aliphatic rings. The van der Waals surface area contributed by atoms with Gasteiger partial charge in [-0.1, -0.05) is 0 Å². The number of carbonyl (C=O) groups is 1. The van der Waals surface area contributed by atoms with Crippen molar-refractivity contribution in [3.8, 4) is 0 Å². The molecule has 0 saturated heterocycles. The van der Waals surface area contributed by atoms with Crippen molar-refractivity contribution in [3.05, 3.63) is 35.9 Å². The summed E-state index contributed by atoms with van der Waals surface area (Å²) in [6.07, 6.45) is 1.61. The van der Waals surface area contributed by atoms with Gasteiger partial charge in [-0.3, -0.25) is 4.79 Å². The van der Waals surface area contributed by atoms with E-state index in [2.05, 4.69) is 26.1 Å². The number of anilines is 2. The predicted molar refractivity (Wildman–Crippen MR) is 75.6 cm³/mol. The van der Waals surface area contributed by atoms with E-state index in [-0.39, 0.29) is 5.91 Å². The van der Waals surface area contributed by atoms with Gasteiger partial charge in [0.1, 0.15) is 6.33 Å². The van der Waals surface area contributed by atoms with Gasteiger partial charge in [0.25, 0.3) is 5.91 Å². The molecule has 3 rings (SSSR count). The van der Waals surface area contributed by atoms with Crippen molar-refractivity contribution in [1.29, 1.82) is 0 Å². The van der Waals surface area contributed by atoms with E-state index in [9.17, 15) is 4.79 Å². The number of nitrogens with zero attached hydrogens (tertiary/aromatic N) is 3. The van der Waals surface area contributed by atoms with E-state index in [4.69, 9.17) is 0 Å². The number of amides is 1. The lowest BCUT2D eigenvalue weighted by Crippen LogP contribution is -2.25. The van der Waals surface area contributed by atoms with Gasteiger partial charge >= 0.3 is 0 Å². The summed E-state index contributed by atoms with van der Waals surface area (Å²) in [7, 11) is 1.84. The van der Waals surface area contributed by atoms with Crippen LogP contribution in [-0.4, -0.2) is 33.8 Å². The van der Waals surface area contributed by atoms with Crippen molar-refractivity contribution in [2.45, 2.75) is 6.54 Å². The summed E-state index contributed by atoms with van der Waals surface area (Å²) in [5.74, 6) is 0.597. The molecule has 0 fully saturated rings. The highest BCUT2D eigenvalue weighted by atomic mass is 16.1. The average molecular weight is 272 g/mol. The van der Waals surface area contributed by atoms with Gasteiger partial charge in [-0.05, 0) is 18.2 Å². The van der Waals surface area contributed by atoms with Gasteiger partial charge in [0.05, 0.1) is 17.9 Å². The molecule has 0 aliphatic carbocycles. The van der Waals surface area contributed by atoms with Gasteiger partial charge in [-0.15, -0.1) is 10.2 Å². The monoisotopic (exact) mass is 272 g/mol. The molecule has 1 aromatic heterocycles. The Morgan fingerprint density at radius 1 is 1.35 bits per heavy atom. The SMILES string of the molecule is Cn1cnnc1CNC(=O)c1ccc2c(c1)NCCN2. The minimum Gasteiger partial charge on any atom is -0.382 e. The van der Waals surface area contributed by atoms with Gasteiger partial charge in [-0.25, -0.2) is 0 Å². The molecule has 3 N–H and O–H groups in total. The molecule has 7 nitrogen and oxygen atoms in total. The summed E-state index contributed by atoms with van der Waals surface area (Å²) in [4.78, 5) is 12.1. The molecule has 2 aromatic rings. The number of fused-ring (bicyclic) bond motifs is 1. The molecule has 7 heteroatoms. The van der Waals surface area contributed by atoms with E-state index in [1.54, 1.807) is 10.9 Å². The molecule has 1 aliphatic heterocycles. The number of aromatic nitrogens is 3. The molecule has 2 heterocycles. The molecular formula is C13H16N6O. The van der Waals surface area contributed by atoms with Crippen LogP contribution in [0.4, 0.5) is 11.4 Å². The molecule has 0 atom stereocenters. The second-order valence-electron chi connectivity index (χ2n) is 4.65. The highest BCUT2D eigenvalue weighted by molar-refractivity contribution is 5.96. The van der Waals surface area contributed by atoms with Gasteiger partial charge in [0, 0.05) is 25.7 Å². The Labute approximate surface area is 116 Å². The van der Waals surface area contributed by atoms with Crippen molar-refractivity contribution in [3.63, 3.8) is 0 Å². The third kappa shape index (κ3) is 2.42. The van der Waals surface area contributed by atoms with Gasteiger partial charge in [-0.2, -0.15) is 0 Å². The standard InChI is InChI=1S/C13H16N6O/c1-19-8-17-18-12(19)7-16-13(20)9-2-3-10-11(6-9)15-5-4-14-10/h2-3,6,8,14-15H,4-5,7H2,1H3,(H,16,20). The van der Waals surface area contributed by atoms with Gasteiger partial charge in [0.15, 0.2) is 5.82 Å². The Kier molecular flexibility index (Phi) is 3.24. The Balaban J connectivity index is 1.69. The maximum Gasteiger partial charge on any atom is 0.251 e. The molecule has 104 valence electrons. The molecule has 0 unspecified atom stereocenters. The zero-order valence-corrected chi connectivity index (χ0v) is 11.2. The van der Waals surface area contributed by atoms with Crippen LogP contribution in [0.5, 0.6) is 0 Å². The summed E-state index contributed by atoms with van der Waals surface area (Å²) in [6.45, 7) is 2.11. The van der Waals surface area contributed by atoms with E-state index >= 15 is 0 Å². The summed E-state index contributed by atoms with van der Waals surface area (Å²) in [6, 6.07) is 5.58. The first-order chi connectivity index (χ1) is 9.74. The van der Waals surface area contributed by atoms with Crippen molar-refractivity contribution >= 4 is 17.3 Å². The van der Waals surface area contributed by atoms with Crippen molar-refractivity contribution in [1.82, 2.24) is 20.1 Å². The summed E-state index contributed by atoms with van der Waals surface area (Å²) < 4.78 is 1.78. The number of hydrogen-bond donors (Lipinski definition) is 3. The molecule has 1 aromatic carbocycles. The summed E-state index contributed by atoms with van der Waals surface area (Å²) >= 11 is 0. The Bertz CT molecular complexity index is 636. The Hall–Kier alpha value is -2.57. The van der Waals surface area contributed by atoms with Crippen LogP contribution < -0.4 is 16.0 Å². The number of benzene rings is 1. The van der Waals surface area contributed by atoms with Crippen molar-refractivity contribution in [2.75, 3.05) is 23.7 Å². The van der Waals surface area contributed by atoms with Crippen LogP contribution in [0, 0.1) is 0 Å². The van der Waals surface area contributed by atoms with Crippen LogP contribution in [0.15, 0.2) is 24.5 Å². The highest BCUT2D eigenvalue weighted by Crippen LogP contribution is 2.25. The topological polar surface area (TPSA) is 83.9 Å². The quantitative estimate of drug-likeness (QED) is 0.761. The number of rotatable bonds is 3. The van der Waals surface area contributed by atoms with Crippen LogP contribution in [0.1, 0.15) is 16.2 Å². The largest absolute Gasteiger partial charge is 0.382 e. The summed E-state index contributed by atoms with van der Waals surface area (Å²) in [5, 5.41) is 17.1. The number of carbonyl (C=O) groups excluding carboxylic acids is 1. The number of aryl methyl sites for hydroxylation is 1. The van der Waals surface area contributed by atoms with Crippen LogP contribution in [0.3, 0.4) is 0 Å². The summed E-state index contributed by atoms with van der Waals surface area (Å²) in [5.41, 5.74) is 2.62. The molecule has 0 spiro atoms. The minimum atomic E-state index is -0.122. The third-order valence-electron chi connectivity index (χ3n) is 3.25. The Morgan fingerprint density at radius 2 is 2.15 bits per heavy atom. The average Bonchev–Trinajstić information content (AvgIpc) is 2.89.